The van der Waals surface area contributed by atoms with Gasteiger partial charge in [-0.25, -0.2) is 4.98 Å². The Kier molecular flexibility index (Phi) is 3.77. The molecule has 2 aromatic heterocycles. The van der Waals surface area contributed by atoms with Crippen LogP contribution in [0.1, 0.15) is 32.6 Å². The molecule has 8 heteroatoms. The number of piperidine rings is 1. The molecular weight excluding hydrogens is 278 g/mol. The predicted octanol–water partition coefficient (Wildman–Crippen LogP) is 1.87. The van der Waals surface area contributed by atoms with Crippen molar-refractivity contribution in [2.24, 2.45) is 0 Å². The lowest BCUT2D eigenvalue weighted by atomic mass is 10.0. The Morgan fingerprint density at radius 2 is 2.10 bits per heavy atom. The van der Waals surface area contributed by atoms with Crippen molar-refractivity contribution in [2.75, 3.05) is 11.4 Å². The first-order valence-electron chi connectivity index (χ1n) is 6.81. The lowest BCUT2D eigenvalue weighted by molar-refractivity contribution is 0.442. The summed E-state index contributed by atoms with van der Waals surface area (Å²) in [6.07, 6.45) is 7.62. The number of nitrogens with zero attached hydrogens (tertiary/aromatic N) is 7. The molecule has 1 atom stereocenters. The molecule has 0 N–H and O–H groups in total. The number of halogens is 1. The third-order valence-corrected chi connectivity index (χ3v) is 3.73. The van der Waals surface area contributed by atoms with Gasteiger partial charge in [-0.15, -0.1) is 0 Å². The van der Waals surface area contributed by atoms with Gasteiger partial charge in [-0.05, 0) is 37.3 Å². The molecule has 1 fully saturated rings. The topological polar surface area (TPSA) is 72.6 Å². The van der Waals surface area contributed by atoms with Gasteiger partial charge in [-0.1, -0.05) is 6.92 Å². The minimum absolute atomic E-state index is 0.181. The van der Waals surface area contributed by atoms with Gasteiger partial charge in [-0.2, -0.15) is 24.7 Å². The van der Waals surface area contributed by atoms with Crippen molar-refractivity contribution >= 4 is 17.5 Å². The van der Waals surface area contributed by atoms with Crippen LogP contribution < -0.4 is 4.90 Å². The summed E-state index contributed by atoms with van der Waals surface area (Å²) in [5.41, 5.74) is 0. The van der Waals surface area contributed by atoms with Crippen LogP contribution in [-0.4, -0.2) is 42.3 Å². The molecule has 0 aromatic carbocycles. The van der Waals surface area contributed by atoms with Crippen LogP contribution in [0.3, 0.4) is 0 Å². The average molecular weight is 294 g/mol. The highest BCUT2D eigenvalue weighted by Crippen LogP contribution is 2.24. The number of aromatic nitrogens is 6. The zero-order valence-corrected chi connectivity index (χ0v) is 12.0. The maximum absolute atomic E-state index is 6.03. The van der Waals surface area contributed by atoms with Crippen LogP contribution in [0, 0.1) is 0 Å². The van der Waals surface area contributed by atoms with E-state index < -0.39 is 0 Å². The zero-order valence-electron chi connectivity index (χ0n) is 11.3. The Balaban J connectivity index is 1.96. The molecule has 1 saturated heterocycles. The molecule has 3 heterocycles. The summed E-state index contributed by atoms with van der Waals surface area (Å²) < 4.78 is 1.49. The van der Waals surface area contributed by atoms with E-state index in [1.54, 1.807) is 6.33 Å². The van der Waals surface area contributed by atoms with Gasteiger partial charge in [0.05, 0.1) is 0 Å². The molecule has 0 saturated carbocycles. The van der Waals surface area contributed by atoms with E-state index in [0.29, 0.717) is 17.9 Å². The molecule has 0 amide bonds. The molecule has 2 aromatic rings. The number of hydrogen-bond acceptors (Lipinski definition) is 6. The van der Waals surface area contributed by atoms with Crippen LogP contribution >= 0.6 is 11.6 Å². The van der Waals surface area contributed by atoms with E-state index in [1.165, 1.54) is 23.9 Å². The van der Waals surface area contributed by atoms with Crippen LogP contribution in [-0.2, 0) is 0 Å². The number of anilines is 1. The van der Waals surface area contributed by atoms with Crippen molar-refractivity contribution in [2.45, 2.75) is 38.6 Å². The Labute approximate surface area is 122 Å². The largest absolute Gasteiger partial charge is 0.338 e. The summed E-state index contributed by atoms with van der Waals surface area (Å²) in [7, 11) is 0. The minimum atomic E-state index is 0.181. The first-order chi connectivity index (χ1) is 9.78. The van der Waals surface area contributed by atoms with E-state index in [4.69, 9.17) is 11.6 Å². The van der Waals surface area contributed by atoms with Crippen LogP contribution in [0.25, 0.3) is 5.95 Å². The lowest BCUT2D eigenvalue weighted by Gasteiger charge is -2.35. The standard InChI is InChI=1S/C12H16ClN7/c1-2-9-5-3-4-6-19(9)11-16-10(13)17-12(18-11)20-8-14-7-15-20/h7-9H,2-6H2,1H3. The third-order valence-electron chi connectivity index (χ3n) is 3.56. The van der Waals surface area contributed by atoms with Crippen LogP contribution in [0.5, 0.6) is 0 Å². The molecular formula is C12H16ClN7. The monoisotopic (exact) mass is 293 g/mol. The van der Waals surface area contributed by atoms with Crippen LogP contribution in [0.4, 0.5) is 5.95 Å². The summed E-state index contributed by atoms with van der Waals surface area (Å²) in [6, 6.07) is 0.464. The molecule has 0 aliphatic carbocycles. The molecule has 0 bridgehead atoms. The first kappa shape index (κ1) is 13.2. The fraction of sp³-hybridized carbons (Fsp3) is 0.583. The second-order valence-corrected chi connectivity index (χ2v) is 5.13. The Bertz CT molecular complexity index is 571. The first-order valence-corrected chi connectivity index (χ1v) is 7.19. The van der Waals surface area contributed by atoms with E-state index in [0.717, 1.165) is 19.4 Å². The highest BCUT2D eigenvalue weighted by atomic mass is 35.5. The Morgan fingerprint density at radius 3 is 2.85 bits per heavy atom. The lowest BCUT2D eigenvalue weighted by Crippen LogP contribution is -2.40. The van der Waals surface area contributed by atoms with Crippen LogP contribution in [0.15, 0.2) is 12.7 Å². The maximum Gasteiger partial charge on any atom is 0.258 e. The summed E-state index contributed by atoms with van der Waals surface area (Å²) >= 11 is 6.03. The quantitative estimate of drug-likeness (QED) is 0.860. The fourth-order valence-corrected chi connectivity index (χ4v) is 2.71. The Morgan fingerprint density at radius 1 is 1.25 bits per heavy atom. The van der Waals surface area contributed by atoms with Gasteiger partial charge in [0.2, 0.25) is 11.2 Å². The van der Waals surface area contributed by atoms with Gasteiger partial charge >= 0.3 is 0 Å². The van der Waals surface area contributed by atoms with Gasteiger partial charge < -0.3 is 4.90 Å². The molecule has 0 radical (unpaired) electrons. The molecule has 7 nitrogen and oxygen atoms in total. The van der Waals surface area contributed by atoms with Crippen molar-refractivity contribution in [1.29, 1.82) is 0 Å². The fourth-order valence-electron chi connectivity index (χ4n) is 2.56. The molecule has 1 unspecified atom stereocenters. The van der Waals surface area contributed by atoms with E-state index in [1.807, 2.05) is 0 Å². The molecule has 1 aliphatic rings. The van der Waals surface area contributed by atoms with Gasteiger partial charge in [0, 0.05) is 12.6 Å². The van der Waals surface area contributed by atoms with Gasteiger partial charge in [0.1, 0.15) is 12.7 Å². The normalized spacial score (nSPS) is 19.3. The summed E-state index contributed by atoms with van der Waals surface area (Å²) in [4.78, 5) is 19.0. The van der Waals surface area contributed by atoms with Gasteiger partial charge in [-0.3, -0.25) is 0 Å². The highest BCUT2D eigenvalue weighted by molar-refractivity contribution is 6.28. The van der Waals surface area contributed by atoms with Crippen LogP contribution in [0.2, 0.25) is 5.28 Å². The highest BCUT2D eigenvalue weighted by Gasteiger charge is 2.24. The van der Waals surface area contributed by atoms with Crippen molar-refractivity contribution in [1.82, 2.24) is 29.7 Å². The number of rotatable bonds is 3. The third kappa shape index (κ3) is 2.58. The van der Waals surface area contributed by atoms with Crippen molar-refractivity contribution in [3.05, 3.63) is 17.9 Å². The van der Waals surface area contributed by atoms with Crippen molar-refractivity contribution < 1.29 is 0 Å². The second kappa shape index (κ2) is 5.70. The summed E-state index contributed by atoms with van der Waals surface area (Å²) in [6.45, 7) is 3.14. The predicted molar refractivity (Wildman–Crippen MR) is 75.0 cm³/mol. The van der Waals surface area contributed by atoms with E-state index in [-0.39, 0.29) is 5.28 Å². The van der Waals surface area contributed by atoms with E-state index >= 15 is 0 Å². The van der Waals surface area contributed by atoms with Crippen molar-refractivity contribution in [3.63, 3.8) is 0 Å². The smallest absolute Gasteiger partial charge is 0.258 e. The second-order valence-electron chi connectivity index (χ2n) is 4.80. The summed E-state index contributed by atoms with van der Waals surface area (Å²) in [5, 5.41) is 4.21. The number of hydrogen-bond donors (Lipinski definition) is 0. The van der Waals surface area contributed by atoms with Gasteiger partial charge in [0.25, 0.3) is 5.95 Å². The Hall–Kier alpha value is -1.76. The van der Waals surface area contributed by atoms with E-state index in [2.05, 4.69) is 36.9 Å². The molecule has 1 aliphatic heterocycles. The minimum Gasteiger partial charge on any atom is -0.338 e. The molecule has 106 valence electrons. The SMILES string of the molecule is CCC1CCCCN1c1nc(Cl)nc(-n2cncn2)n1. The molecule has 20 heavy (non-hydrogen) atoms. The maximum atomic E-state index is 6.03. The summed E-state index contributed by atoms with van der Waals surface area (Å²) in [5.74, 6) is 1.03. The average Bonchev–Trinajstić information content (AvgIpc) is 3.01. The van der Waals surface area contributed by atoms with Gasteiger partial charge in [0.15, 0.2) is 0 Å². The zero-order chi connectivity index (χ0) is 13.9. The van der Waals surface area contributed by atoms with E-state index in [9.17, 15) is 0 Å². The molecule has 3 rings (SSSR count). The molecule has 0 spiro atoms. The van der Waals surface area contributed by atoms with Crippen molar-refractivity contribution in [3.8, 4) is 5.95 Å².